The molecule has 0 radical (unpaired) electrons. The summed E-state index contributed by atoms with van der Waals surface area (Å²) in [6.07, 6.45) is 4.29. The molecule has 6 heteroatoms. The summed E-state index contributed by atoms with van der Waals surface area (Å²) < 4.78 is 26.0. The maximum absolute atomic E-state index is 13.0. The Morgan fingerprint density at radius 2 is 1.78 bits per heavy atom. The van der Waals surface area contributed by atoms with E-state index in [2.05, 4.69) is 18.4 Å². The lowest BCUT2D eigenvalue weighted by Gasteiger charge is -2.38. The Bertz CT molecular complexity index is 906. The Labute approximate surface area is 165 Å². The monoisotopic (exact) mass is 403 g/mol. The van der Waals surface area contributed by atoms with Crippen LogP contribution in [0.5, 0.6) is 0 Å². The van der Waals surface area contributed by atoms with E-state index in [4.69, 9.17) is 0 Å². The van der Waals surface area contributed by atoms with E-state index in [0.29, 0.717) is 24.2 Å². The van der Waals surface area contributed by atoms with Gasteiger partial charge < -0.3 is 4.90 Å². The van der Waals surface area contributed by atoms with Gasteiger partial charge in [0.15, 0.2) is 9.84 Å². The van der Waals surface area contributed by atoms with E-state index in [9.17, 15) is 13.2 Å². The van der Waals surface area contributed by atoms with Gasteiger partial charge >= 0.3 is 0 Å². The number of hydrogen-bond donors (Lipinski definition) is 0. The topological polar surface area (TPSA) is 54.5 Å². The van der Waals surface area contributed by atoms with Gasteiger partial charge in [-0.25, -0.2) is 8.42 Å². The first-order chi connectivity index (χ1) is 13.0. The first-order valence-corrected chi connectivity index (χ1v) is 12.0. The average Bonchev–Trinajstić information content (AvgIpc) is 3.20. The van der Waals surface area contributed by atoms with E-state index in [-0.39, 0.29) is 23.2 Å². The highest BCUT2D eigenvalue weighted by atomic mass is 32.2. The molecule has 2 saturated heterocycles. The van der Waals surface area contributed by atoms with Gasteiger partial charge in [-0.05, 0) is 68.2 Å². The molecule has 2 aliphatic rings. The fourth-order valence-corrected chi connectivity index (χ4v) is 7.38. The number of fused-ring (bicyclic) bond motifs is 2. The third-order valence-electron chi connectivity index (χ3n) is 6.02. The van der Waals surface area contributed by atoms with Crippen molar-refractivity contribution in [2.45, 2.75) is 67.7 Å². The summed E-state index contributed by atoms with van der Waals surface area (Å²) in [6.45, 7) is 2.08. The summed E-state index contributed by atoms with van der Waals surface area (Å²) in [6, 6.07) is 11.0. The number of hydrogen-bond acceptors (Lipinski definition) is 4. The molecule has 1 amide bonds. The van der Waals surface area contributed by atoms with Gasteiger partial charge in [-0.15, -0.1) is 11.3 Å². The van der Waals surface area contributed by atoms with Gasteiger partial charge in [-0.2, -0.15) is 0 Å². The fourth-order valence-electron chi connectivity index (χ4n) is 4.60. The third kappa shape index (κ3) is 3.57. The number of amides is 1. The SMILES string of the molecule is Cc1ccsc1CCC(=O)N1C2CCC1CC(S(=O)(=O)c1ccccc1)C2. The van der Waals surface area contributed by atoms with E-state index in [1.807, 2.05) is 11.0 Å². The third-order valence-corrected chi connectivity index (χ3v) is 9.30. The molecule has 0 N–H and O–H groups in total. The van der Waals surface area contributed by atoms with Crippen molar-refractivity contribution in [3.05, 3.63) is 52.2 Å². The minimum atomic E-state index is -3.33. The van der Waals surface area contributed by atoms with Crippen LogP contribution in [-0.4, -0.2) is 36.6 Å². The second kappa shape index (κ2) is 7.40. The van der Waals surface area contributed by atoms with E-state index in [0.717, 1.165) is 19.3 Å². The van der Waals surface area contributed by atoms with Crippen LogP contribution in [0.3, 0.4) is 0 Å². The van der Waals surface area contributed by atoms with E-state index >= 15 is 0 Å². The molecule has 1 aromatic heterocycles. The number of carbonyl (C=O) groups excluding carboxylic acids is 1. The summed E-state index contributed by atoms with van der Waals surface area (Å²) in [4.78, 5) is 16.6. The van der Waals surface area contributed by atoms with Crippen LogP contribution in [0.15, 0.2) is 46.7 Å². The first kappa shape index (κ1) is 18.7. The maximum Gasteiger partial charge on any atom is 0.223 e. The molecule has 0 aliphatic carbocycles. The quantitative estimate of drug-likeness (QED) is 0.759. The molecule has 0 saturated carbocycles. The van der Waals surface area contributed by atoms with Crippen molar-refractivity contribution in [2.24, 2.45) is 0 Å². The number of piperidine rings is 1. The summed E-state index contributed by atoms with van der Waals surface area (Å²) in [7, 11) is -3.33. The van der Waals surface area contributed by atoms with Crippen LogP contribution in [0, 0.1) is 6.92 Å². The van der Waals surface area contributed by atoms with Crippen molar-refractivity contribution in [2.75, 3.05) is 0 Å². The Kier molecular flexibility index (Phi) is 5.12. The zero-order valence-corrected chi connectivity index (χ0v) is 17.1. The number of benzene rings is 1. The Morgan fingerprint density at radius 3 is 2.37 bits per heavy atom. The number of thiophene rings is 1. The smallest absolute Gasteiger partial charge is 0.223 e. The highest BCUT2D eigenvalue weighted by molar-refractivity contribution is 7.92. The molecule has 1 aromatic carbocycles. The predicted molar refractivity (Wildman–Crippen MR) is 108 cm³/mol. The Hall–Kier alpha value is -1.66. The number of carbonyl (C=O) groups is 1. The van der Waals surface area contributed by atoms with Crippen LogP contribution in [0.2, 0.25) is 0 Å². The largest absolute Gasteiger partial charge is 0.337 e. The molecule has 4 nitrogen and oxygen atoms in total. The van der Waals surface area contributed by atoms with Crippen molar-refractivity contribution in [3.63, 3.8) is 0 Å². The maximum atomic E-state index is 13.0. The van der Waals surface area contributed by atoms with Gasteiger partial charge in [0.2, 0.25) is 5.91 Å². The lowest BCUT2D eigenvalue weighted by atomic mass is 10.0. The molecular weight excluding hydrogens is 378 g/mol. The minimum absolute atomic E-state index is 0.0733. The van der Waals surface area contributed by atoms with E-state index in [1.54, 1.807) is 35.6 Å². The molecule has 2 atom stereocenters. The summed E-state index contributed by atoms with van der Waals surface area (Å²) in [5.74, 6) is 0.186. The van der Waals surface area contributed by atoms with Crippen molar-refractivity contribution >= 4 is 27.1 Å². The second-order valence-electron chi connectivity index (χ2n) is 7.66. The predicted octanol–water partition coefficient (Wildman–Crippen LogP) is 3.99. The number of rotatable bonds is 5. The highest BCUT2D eigenvalue weighted by Gasteiger charge is 2.46. The van der Waals surface area contributed by atoms with Crippen LogP contribution in [0.25, 0.3) is 0 Å². The van der Waals surface area contributed by atoms with Gasteiger partial charge in [-0.3, -0.25) is 4.79 Å². The number of nitrogens with zero attached hydrogens (tertiary/aromatic N) is 1. The summed E-state index contributed by atoms with van der Waals surface area (Å²) in [5.41, 5.74) is 1.25. The molecule has 2 aromatic rings. The fraction of sp³-hybridized carbons (Fsp3) is 0.476. The lowest BCUT2D eigenvalue weighted by molar-refractivity contribution is -0.135. The normalized spacial score (nSPS) is 24.9. The van der Waals surface area contributed by atoms with Gasteiger partial charge in [0.1, 0.15) is 0 Å². The van der Waals surface area contributed by atoms with Crippen LogP contribution in [0.1, 0.15) is 42.5 Å². The Balaban J connectivity index is 1.44. The zero-order valence-electron chi connectivity index (χ0n) is 15.5. The van der Waals surface area contributed by atoms with Crippen LogP contribution in [0.4, 0.5) is 0 Å². The molecule has 2 unspecified atom stereocenters. The molecule has 0 spiro atoms. The molecule has 3 heterocycles. The molecular formula is C21H25NO3S2. The van der Waals surface area contributed by atoms with Crippen molar-refractivity contribution in [1.82, 2.24) is 4.90 Å². The lowest BCUT2D eigenvalue weighted by Crippen LogP contribution is -2.49. The Morgan fingerprint density at radius 1 is 1.11 bits per heavy atom. The van der Waals surface area contributed by atoms with Crippen LogP contribution < -0.4 is 0 Å². The van der Waals surface area contributed by atoms with Crippen LogP contribution in [-0.2, 0) is 21.1 Å². The highest BCUT2D eigenvalue weighted by Crippen LogP contribution is 2.40. The number of aryl methyl sites for hydroxylation is 2. The average molecular weight is 404 g/mol. The molecule has 144 valence electrons. The molecule has 2 fully saturated rings. The van der Waals surface area contributed by atoms with Crippen molar-refractivity contribution < 1.29 is 13.2 Å². The molecule has 2 bridgehead atoms. The van der Waals surface area contributed by atoms with Gasteiger partial charge in [-0.1, -0.05) is 18.2 Å². The van der Waals surface area contributed by atoms with Gasteiger partial charge in [0.05, 0.1) is 10.1 Å². The molecule has 27 heavy (non-hydrogen) atoms. The van der Waals surface area contributed by atoms with E-state index in [1.165, 1.54) is 10.4 Å². The van der Waals surface area contributed by atoms with Crippen molar-refractivity contribution in [3.8, 4) is 0 Å². The first-order valence-electron chi connectivity index (χ1n) is 9.60. The minimum Gasteiger partial charge on any atom is -0.337 e. The summed E-state index contributed by atoms with van der Waals surface area (Å²) >= 11 is 1.71. The molecule has 4 rings (SSSR count). The zero-order chi connectivity index (χ0) is 19.0. The van der Waals surface area contributed by atoms with Gasteiger partial charge in [0, 0.05) is 23.4 Å². The number of sulfone groups is 1. The van der Waals surface area contributed by atoms with E-state index < -0.39 is 9.84 Å². The summed E-state index contributed by atoms with van der Waals surface area (Å²) in [5, 5.41) is 1.69. The van der Waals surface area contributed by atoms with Gasteiger partial charge in [0.25, 0.3) is 0 Å². The van der Waals surface area contributed by atoms with Crippen molar-refractivity contribution in [1.29, 1.82) is 0 Å². The second-order valence-corrected chi connectivity index (χ2v) is 10.9. The molecule has 2 aliphatic heterocycles. The standard InChI is InChI=1S/C21H25NO3S2/c1-15-11-12-26-20(15)9-10-21(23)22-16-7-8-17(22)14-19(13-16)27(24,25)18-5-3-2-4-6-18/h2-6,11-12,16-17,19H,7-10,13-14H2,1H3. The van der Waals surface area contributed by atoms with Crippen LogP contribution >= 0.6 is 11.3 Å².